The first-order chi connectivity index (χ1) is 11.2. The zero-order valence-corrected chi connectivity index (χ0v) is 15.4. The van der Waals surface area contributed by atoms with Gasteiger partial charge in [-0.2, -0.15) is 0 Å². The van der Waals surface area contributed by atoms with Gasteiger partial charge in [-0.25, -0.2) is 0 Å². The van der Waals surface area contributed by atoms with Crippen molar-refractivity contribution in [1.29, 1.82) is 0 Å². The first-order valence-corrected chi connectivity index (χ1v) is 10.2. The van der Waals surface area contributed by atoms with Crippen molar-refractivity contribution in [2.45, 2.75) is 122 Å². The summed E-state index contributed by atoms with van der Waals surface area (Å²) in [6.45, 7) is 2.75. The van der Waals surface area contributed by atoms with Crippen LogP contribution in [-0.2, 0) is 4.74 Å². The van der Waals surface area contributed by atoms with Crippen LogP contribution >= 0.6 is 0 Å². The van der Waals surface area contributed by atoms with Crippen molar-refractivity contribution in [3.63, 3.8) is 0 Å². The first kappa shape index (κ1) is 20.9. The van der Waals surface area contributed by atoms with Crippen LogP contribution in [0.5, 0.6) is 0 Å². The van der Waals surface area contributed by atoms with Crippen LogP contribution < -0.4 is 0 Å². The molecule has 1 rings (SSSR count). The van der Waals surface area contributed by atoms with Gasteiger partial charge in [-0.05, 0) is 12.8 Å². The molecule has 0 aromatic carbocycles. The Balaban J connectivity index is 1.81. The highest BCUT2D eigenvalue weighted by Gasteiger charge is 2.33. The Hall–Kier alpha value is -0.120. The number of hydrogen-bond donors (Lipinski definition) is 2. The molecule has 0 saturated carbocycles. The lowest BCUT2D eigenvalue weighted by Crippen LogP contribution is -2.40. The second-order valence-corrected chi connectivity index (χ2v) is 7.50. The maximum Gasteiger partial charge on any atom is 0.157 e. The fraction of sp³-hybridized carbons (Fsp3) is 1.00. The number of aliphatic hydroxyl groups excluding tert-OH is 1. The van der Waals surface area contributed by atoms with Crippen molar-refractivity contribution in [3.8, 4) is 0 Å². The molecule has 1 aliphatic heterocycles. The number of rotatable bonds is 14. The summed E-state index contributed by atoms with van der Waals surface area (Å²) >= 11 is 0. The predicted molar refractivity (Wildman–Crippen MR) is 96.5 cm³/mol. The van der Waals surface area contributed by atoms with E-state index in [0.29, 0.717) is 19.4 Å². The van der Waals surface area contributed by atoms with Crippen molar-refractivity contribution in [3.05, 3.63) is 0 Å². The predicted octanol–water partition coefficient (Wildman–Crippen LogP) is 5.33. The summed E-state index contributed by atoms with van der Waals surface area (Å²) in [6.07, 6.45) is 18.6. The van der Waals surface area contributed by atoms with E-state index in [2.05, 4.69) is 6.92 Å². The summed E-state index contributed by atoms with van der Waals surface area (Å²) in [6, 6.07) is 0. The van der Waals surface area contributed by atoms with Crippen molar-refractivity contribution >= 4 is 0 Å². The number of unbranched alkanes of at least 4 members (excludes halogenated alkanes) is 12. The Bertz CT molecular complexity index is 270. The topological polar surface area (TPSA) is 49.7 Å². The summed E-state index contributed by atoms with van der Waals surface area (Å²) in [7, 11) is 0. The Morgan fingerprint density at radius 2 is 1.30 bits per heavy atom. The zero-order valence-electron chi connectivity index (χ0n) is 15.4. The molecular weight excluding hydrogens is 288 g/mol. The number of hydrogen-bond acceptors (Lipinski definition) is 3. The van der Waals surface area contributed by atoms with Gasteiger partial charge >= 0.3 is 0 Å². The highest BCUT2D eigenvalue weighted by Crippen LogP contribution is 2.29. The Kier molecular flexibility index (Phi) is 12.0. The molecule has 0 aliphatic carbocycles. The third-order valence-electron chi connectivity index (χ3n) is 5.18. The van der Waals surface area contributed by atoms with Gasteiger partial charge in [0.05, 0.1) is 12.2 Å². The average molecular weight is 329 g/mol. The molecule has 1 saturated heterocycles. The summed E-state index contributed by atoms with van der Waals surface area (Å²) in [5, 5.41) is 19.8. The average Bonchev–Trinajstić information content (AvgIpc) is 2.51. The van der Waals surface area contributed by atoms with Gasteiger partial charge in [0.15, 0.2) is 6.29 Å². The fourth-order valence-corrected chi connectivity index (χ4v) is 3.57. The molecule has 1 heterocycles. The number of ether oxygens (including phenoxy) is 1. The fourth-order valence-electron chi connectivity index (χ4n) is 3.57. The van der Waals surface area contributed by atoms with Gasteiger partial charge in [0.1, 0.15) is 0 Å². The van der Waals surface area contributed by atoms with E-state index in [0.717, 1.165) is 12.8 Å². The van der Waals surface area contributed by atoms with E-state index >= 15 is 0 Å². The van der Waals surface area contributed by atoms with Crippen LogP contribution in [0.3, 0.4) is 0 Å². The van der Waals surface area contributed by atoms with Crippen LogP contribution in [0, 0.1) is 0 Å². The van der Waals surface area contributed by atoms with Crippen LogP contribution in [0.15, 0.2) is 0 Å². The van der Waals surface area contributed by atoms with Gasteiger partial charge < -0.3 is 14.9 Å². The molecule has 23 heavy (non-hydrogen) atoms. The summed E-state index contributed by atoms with van der Waals surface area (Å²) in [4.78, 5) is 0. The summed E-state index contributed by atoms with van der Waals surface area (Å²) in [5.74, 6) is 0. The maximum atomic E-state index is 10.4. The zero-order chi connectivity index (χ0) is 16.8. The van der Waals surface area contributed by atoms with Crippen molar-refractivity contribution < 1.29 is 14.9 Å². The molecule has 1 fully saturated rings. The van der Waals surface area contributed by atoms with Gasteiger partial charge in [0.2, 0.25) is 0 Å². The Morgan fingerprint density at radius 1 is 0.826 bits per heavy atom. The minimum absolute atomic E-state index is 0.380. The molecule has 0 aromatic heterocycles. The SMILES string of the molecule is CCCCCCCCCCCCCCC[C@]1(O)CCO[C@@H](O)C1. The Morgan fingerprint density at radius 3 is 1.78 bits per heavy atom. The van der Waals surface area contributed by atoms with Crippen molar-refractivity contribution in [2.75, 3.05) is 6.61 Å². The Labute approximate surface area is 143 Å². The molecule has 0 radical (unpaired) electrons. The van der Waals surface area contributed by atoms with Gasteiger partial charge in [-0.3, -0.25) is 0 Å². The summed E-state index contributed by atoms with van der Waals surface area (Å²) < 4.78 is 5.09. The van der Waals surface area contributed by atoms with E-state index in [4.69, 9.17) is 4.74 Å². The van der Waals surface area contributed by atoms with E-state index in [1.54, 1.807) is 0 Å². The lowest BCUT2D eigenvalue weighted by molar-refractivity contribution is -0.187. The second-order valence-electron chi connectivity index (χ2n) is 7.50. The quantitative estimate of drug-likeness (QED) is 0.424. The molecule has 0 bridgehead atoms. The third kappa shape index (κ3) is 11.1. The van der Waals surface area contributed by atoms with Crippen molar-refractivity contribution in [2.24, 2.45) is 0 Å². The smallest absolute Gasteiger partial charge is 0.157 e. The van der Waals surface area contributed by atoms with Crippen LogP contribution in [0.1, 0.15) is 110 Å². The first-order valence-electron chi connectivity index (χ1n) is 10.2. The minimum atomic E-state index is -0.768. The monoisotopic (exact) mass is 328 g/mol. The van der Waals surface area contributed by atoms with Gasteiger partial charge in [0.25, 0.3) is 0 Å². The van der Waals surface area contributed by atoms with Crippen LogP contribution in [-0.4, -0.2) is 28.7 Å². The normalized spacial score (nSPS) is 24.9. The molecule has 2 N–H and O–H groups in total. The molecule has 0 spiro atoms. The molecule has 1 aliphatic rings. The largest absolute Gasteiger partial charge is 0.390 e. The molecule has 0 aromatic rings. The van der Waals surface area contributed by atoms with E-state index < -0.39 is 11.9 Å². The van der Waals surface area contributed by atoms with Crippen LogP contribution in [0.25, 0.3) is 0 Å². The third-order valence-corrected chi connectivity index (χ3v) is 5.18. The molecular formula is C20H40O3. The summed E-state index contributed by atoms with van der Waals surface area (Å²) in [5.41, 5.74) is -0.685. The molecule has 3 nitrogen and oxygen atoms in total. The molecule has 2 atom stereocenters. The standard InChI is InChI=1S/C20H40O3/c1-2-3-4-5-6-7-8-9-10-11-12-13-14-15-20(22)16-17-23-19(21)18-20/h19,21-22H,2-18H2,1H3/t19-,20+/m1/s1. The van der Waals surface area contributed by atoms with Gasteiger partial charge in [-0.1, -0.05) is 90.4 Å². The molecule has 0 unspecified atom stereocenters. The van der Waals surface area contributed by atoms with Gasteiger partial charge in [0, 0.05) is 6.42 Å². The second kappa shape index (κ2) is 13.2. The van der Waals surface area contributed by atoms with Crippen LogP contribution in [0.2, 0.25) is 0 Å². The van der Waals surface area contributed by atoms with Gasteiger partial charge in [-0.15, -0.1) is 0 Å². The number of aliphatic hydroxyl groups is 2. The maximum absolute atomic E-state index is 10.4. The van der Waals surface area contributed by atoms with E-state index in [-0.39, 0.29) is 0 Å². The van der Waals surface area contributed by atoms with E-state index in [1.807, 2.05) is 0 Å². The minimum Gasteiger partial charge on any atom is -0.390 e. The highest BCUT2D eigenvalue weighted by molar-refractivity contribution is 4.82. The lowest BCUT2D eigenvalue weighted by Gasteiger charge is -2.34. The molecule has 138 valence electrons. The van der Waals surface area contributed by atoms with Crippen molar-refractivity contribution in [1.82, 2.24) is 0 Å². The molecule has 0 amide bonds. The highest BCUT2D eigenvalue weighted by atomic mass is 16.6. The van der Waals surface area contributed by atoms with Crippen LogP contribution in [0.4, 0.5) is 0 Å². The van der Waals surface area contributed by atoms with E-state index in [9.17, 15) is 10.2 Å². The lowest BCUT2D eigenvalue weighted by atomic mass is 9.87. The van der Waals surface area contributed by atoms with E-state index in [1.165, 1.54) is 77.0 Å². The molecule has 3 heteroatoms.